The summed E-state index contributed by atoms with van der Waals surface area (Å²) in [5, 5.41) is 0. The van der Waals surface area contributed by atoms with Gasteiger partial charge in [-0.2, -0.15) is 0 Å². The van der Waals surface area contributed by atoms with E-state index in [0.717, 1.165) is 0 Å². The zero-order valence-corrected chi connectivity index (χ0v) is 12.7. The van der Waals surface area contributed by atoms with Gasteiger partial charge in [0.05, 0.1) is 11.4 Å². The van der Waals surface area contributed by atoms with Crippen LogP contribution in [-0.2, 0) is 20.5 Å². The molecule has 5 nitrogen and oxygen atoms in total. The SMILES string of the molecule is CC1(C)CC(NS(=O)(=O)Cc2ccccc2N)CCO1. The molecule has 1 aliphatic rings. The van der Waals surface area contributed by atoms with Crippen LogP contribution in [0, 0.1) is 0 Å². The molecular weight excluding hydrogens is 276 g/mol. The number of nitrogens with one attached hydrogen (secondary N) is 1. The quantitative estimate of drug-likeness (QED) is 0.828. The van der Waals surface area contributed by atoms with Gasteiger partial charge in [-0.3, -0.25) is 0 Å². The molecule has 2 rings (SSSR count). The number of rotatable bonds is 4. The molecule has 1 fully saturated rings. The highest BCUT2D eigenvalue weighted by molar-refractivity contribution is 7.88. The Hall–Kier alpha value is -1.11. The van der Waals surface area contributed by atoms with Crippen LogP contribution in [0.25, 0.3) is 0 Å². The summed E-state index contributed by atoms with van der Waals surface area (Å²) >= 11 is 0. The van der Waals surface area contributed by atoms with E-state index in [1.165, 1.54) is 0 Å². The van der Waals surface area contributed by atoms with Gasteiger partial charge in [-0.25, -0.2) is 13.1 Å². The molecule has 0 spiro atoms. The van der Waals surface area contributed by atoms with E-state index in [1.807, 2.05) is 13.8 Å². The molecule has 6 heteroatoms. The van der Waals surface area contributed by atoms with Gasteiger partial charge in [0.2, 0.25) is 10.0 Å². The van der Waals surface area contributed by atoms with E-state index in [4.69, 9.17) is 10.5 Å². The minimum atomic E-state index is -3.39. The number of para-hydroxylation sites is 1. The summed E-state index contributed by atoms with van der Waals surface area (Å²) in [6.07, 6.45) is 1.38. The fourth-order valence-corrected chi connectivity index (χ4v) is 3.96. The van der Waals surface area contributed by atoms with E-state index >= 15 is 0 Å². The summed E-state index contributed by atoms with van der Waals surface area (Å²) in [7, 11) is -3.39. The van der Waals surface area contributed by atoms with E-state index in [1.54, 1.807) is 24.3 Å². The summed E-state index contributed by atoms with van der Waals surface area (Å²) < 4.78 is 32.8. The number of hydrogen-bond donors (Lipinski definition) is 2. The molecule has 1 aliphatic heterocycles. The molecule has 20 heavy (non-hydrogen) atoms. The van der Waals surface area contributed by atoms with Crippen LogP contribution in [0.3, 0.4) is 0 Å². The first-order valence-corrected chi connectivity index (χ1v) is 8.40. The third-order valence-corrected chi connectivity index (χ3v) is 4.83. The van der Waals surface area contributed by atoms with Crippen LogP contribution < -0.4 is 10.5 Å². The predicted octanol–water partition coefficient (Wildman–Crippen LogP) is 1.65. The summed E-state index contributed by atoms with van der Waals surface area (Å²) in [5.41, 5.74) is 6.65. The van der Waals surface area contributed by atoms with E-state index in [2.05, 4.69) is 4.72 Å². The average molecular weight is 298 g/mol. The maximum atomic E-state index is 12.2. The van der Waals surface area contributed by atoms with Crippen molar-refractivity contribution in [3.63, 3.8) is 0 Å². The maximum absolute atomic E-state index is 12.2. The summed E-state index contributed by atoms with van der Waals surface area (Å²) in [6.45, 7) is 4.53. The number of sulfonamides is 1. The average Bonchev–Trinajstić information content (AvgIpc) is 2.30. The van der Waals surface area contributed by atoms with Crippen LogP contribution in [0.15, 0.2) is 24.3 Å². The van der Waals surface area contributed by atoms with Crippen LogP contribution >= 0.6 is 0 Å². The van der Waals surface area contributed by atoms with Crippen molar-refractivity contribution in [1.82, 2.24) is 4.72 Å². The summed E-state index contributed by atoms with van der Waals surface area (Å²) in [4.78, 5) is 0. The summed E-state index contributed by atoms with van der Waals surface area (Å²) in [6, 6.07) is 6.96. The zero-order valence-electron chi connectivity index (χ0n) is 11.9. The van der Waals surface area contributed by atoms with Gasteiger partial charge in [-0.1, -0.05) is 18.2 Å². The van der Waals surface area contributed by atoms with E-state index < -0.39 is 10.0 Å². The zero-order chi connectivity index (χ0) is 14.8. The highest BCUT2D eigenvalue weighted by Gasteiger charge is 2.31. The molecule has 0 amide bonds. The van der Waals surface area contributed by atoms with Crippen molar-refractivity contribution >= 4 is 15.7 Å². The molecule has 0 aromatic heterocycles. The molecule has 0 aliphatic carbocycles. The fraction of sp³-hybridized carbons (Fsp3) is 0.571. The topological polar surface area (TPSA) is 81.4 Å². The molecule has 3 N–H and O–H groups in total. The molecule has 1 heterocycles. The molecular formula is C14H22N2O3S. The fourth-order valence-electron chi connectivity index (χ4n) is 2.50. The lowest BCUT2D eigenvalue weighted by Crippen LogP contribution is -2.46. The second-order valence-electron chi connectivity index (χ2n) is 5.87. The van der Waals surface area contributed by atoms with Crippen molar-refractivity contribution < 1.29 is 13.2 Å². The third-order valence-electron chi connectivity index (χ3n) is 3.44. The van der Waals surface area contributed by atoms with Gasteiger partial charge in [0.25, 0.3) is 0 Å². The van der Waals surface area contributed by atoms with E-state index in [-0.39, 0.29) is 17.4 Å². The molecule has 0 saturated carbocycles. The van der Waals surface area contributed by atoms with Gasteiger partial charge in [-0.05, 0) is 38.3 Å². The lowest BCUT2D eigenvalue weighted by molar-refractivity contribution is -0.0599. The monoisotopic (exact) mass is 298 g/mol. The van der Waals surface area contributed by atoms with Gasteiger partial charge >= 0.3 is 0 Å². The van der Waals surface area contributed by atoms with Crippen molar-refractivity contribution in [2.24, 2.45) is 0 Å². The molecule has 0 bridgehead atoms. The Labute approximate surface area is 120 Å². The Kier molecular flexibility index (Phi) is 4.36. The highest BCUT2D eigenvalue weighted by atomic mass is 32.2. The largest absolute Gasteiger partial charge is 0.398 e. The standard InChI is InChI=1S/C14H22N2O3S/c1-14(2)9-12(7-8-19-14)16-20(17,18)10-11-5-3-4-6-13(11)15/h3-6,12,16H,7-10,15H2,1-2H3. The lowest BCUT2D eigenvalue weighted by Gasteiger charge is -2.35. The Balaban J connectivity index is 2.03. The smallest absolute Gasteiger partial charge is 0.216 e. The normalized spacial score (nSPS) is 22.6. The van der Waals surface area contributed by atoms with Gasteiger partial charge in [-0.15, -0.1) is 0 Å². The van der Waals surface area contributed by atoms with E-state index in [9.17, 15) is 8.42 Å². The van der Waals surface area contributed by atoms with Crippen LogP contribution in [0.2, 0.25) is 0 Å². The van der Waals surface area contributed by atoms with Crippen molar-refractivity contribution in [3.8, 4) is 0 Å². The van der Waals surface area contributed by atoms with Gasteiger partial charge in [0, 0.05) is 18.3 Å². The third kappa shape index (κ3) is 4.19. The van der Waals surface area contributed by atoms with Crippen molar-refractivity contribution in [3.05, 3.63) is 29.8 Å². The number of anilines is 1. The van der Waals surface area contributed by atoms with Crippen molar-refractivity contribution in [2.45, 2.75) is 44.1 Å². The lowest BCUT2D eigenvalue weighted by atomic mass is 9.95. The second kappa shape index (κ2) is 5.71. The van der Waals surface area contributed by atoms with E-state index in [0.29, 0.717) is 30.7 Å². The van der Waals surface area contributed by atoms with Crippen LogP contribution in [0.1, 0.15) is 32.3 Å². The molecule has 1 aromatic rings. The van der Waals surface area contributed by atoms with Crippen LogP contribution in [0.4, 0.5) is 5.69 Å². The van der Waals surface area contributed by atoms with Crippen molar-refractivity contribution in [2.75, 3.05) is 12.3 Å². The number of hydrogen-bond acceptors (Lipinski definition) is 4. The Morgan fingerprint density at radius 3 is 2.75 bits per heavy atom. The van der Waals surface area contributed by atoms with Gasteiger partial charge in [0.15, 0.2) is 0 Å². The van der Waals surface area contributed by atoms with Gasteiger partial charge < -0.3 is 10.5 Å². The molecule has 1 unspecified atom stereocenters. The molecule has 0 radical (unpaired) electrons. The first kappa shape index (κ1) is 15.3. The number of nitrogens with two attached hydrogens (primary N) is 1. The molecule has 1 saturated heterocycles. The molecule has 112 valence electrons. The maximum Gasteiger partial charge on any atom is 0.216 e. The van der Waals surface area contributed by atoms with Crippen molar-refractivity contribution in [1.29, 1.82) is 0 Å². The number of ether oxygens (including phenoxy) is 1. The Bertz CT molecular complexity index is 570. The highest BCUT2D eigenvalue weighted by Crippen LogP contribution is 2.25. The first-order chi connectivity index (χ1) is 9.27. The van der Waals surface area contributed by atoms with Gasteiger partial charge in [0.1, 0.15) is 0 Å². The molecule has 1 aromatic carbocycles. The Morgan fingerprint density at radius 2 is 2.10 bits per heavy atom. The minimum Gasteiger partial charge on any atom is -0.398 e. The van der Waals surface area contributed by atoms with Crippen LogP contribution in [-0.4, -0.2) is 26.7 Å². The minimum absolute atomic E-state index is 0.0753. The second-order valence-corrected chi connectivity index (χ2v) is 7.63. The number of nitrogen functional groups attached to an aromatic ring is 1. The molecule has 1 atom stereocenters. The summed E-state index contributed by atoms with van der Waals surface area (Å²) in [5.74, 6) is -0.0859. The number of benzene rings is 1. The first-order valence-electron chi connectivity index (χ1n) is 6.75. The van der Waals surface area contributed by atoms with Crippen LogP contribution in [0.5, 0.6) is 0 Å². The Morgan fingerprint density at radius 1 is 1.40 bits per heavy atom. The predicted molar refractivity (Wildman–Crippen MR) is 79.7 cm³/mol.